The Balaban J connectivity index is 0.00000196. The molecule has 1 rings (SSSR count). The fourth-order valence-corrected chi connectivity index (χ4v) is 0.954. The Hall–Kier alpha value is -1.07. The van der Waals surface area contributed by atoms with Crippen LogP contribution in [0, 0.1) is 0 Å². The van der Waals surface area contributed by atoms with Gasteiger partial charge in [-0.1, -0.05) is 6.07 Å². The van der Waals surface area contributed by atoms with Crippen LogP contribution in [0.3, 0.4) is 0 Å². The average Bonchev–Trinajstić information content (AvgIpc) is 2.16. The van der Waals surface area contributed by atoms with E-state index in [9.17, 15) is 13.9 Å². The van der Waals surface area contributed by atoms with Crippen molar-refractivity contribution in [1.82, 2.24) is 0 Å². The van der Waals surface area contributed by atoms with Crippen molar-refractivity contribution < 1.29 is 18.6 Å². The first-order valence-corrected chi connectivity index (χ1v) is 4.06. The SMILES string of the molecule is Cl.NCc1ccc(O)c(OCC(F)F)c1. The summed E-state index contributed by atoms with van der Waals surface area (Å²) in [7, 11) is 0. The molecule has 6 heteroatoms. The third-order valence-electron chi connectivity index (χ3n) is 1.62. The van der Waals surface area contributed by atoms with Crippen molar-refractivity contribution in [2.75, 3.05) is 6.61 Å². The van der Waals surface area contributed by atoms with E-state index < -0.39 is 13.0 Å². The third kappa shape index (κ3) is 4.31. The van der Waals surface area contributed by atoms with Crippen molar-refractivity contribution in [2.45, 2.75) is 13.0 Å². The summed E-state index contributed by atoms with van der Waals surface area (Å²) in [5.41, 5.74) is 6.05. The van der Waals surface area contributed by atoms with E-state index in [-0.39, 0.29) is 30.5 Å². The Labute approximate surface area is 92.3 Å². The quantitative estimate of drug-likeness (QED) is 0.844. The molecular weight excluding hydrogens is 228 g/mol. The van der Waals surface area contributed by atoms with E-state index >= 15 is 0 Å². The molecule has 0 saturated carbocycles. The van der Waals surface area contributed by atoms with Crippen LogP contribution in [0.1, 0.15) is 5.56 Å². The Morgan fingerprint density at radius 2 is 2.07 bits per heavy atom. The molecule has 0 heterocycles. The highest BCUT2D eigenvalue weighted by Crippen LogP contribution is 2.26. The van der Waals surface area contributed by atoms with Crippen LogP contribution in [-0.4, -0.2) is 18.1 Å². The number of hydrogen-bond acceptors (Lipinski definition) is 3. The van der Waals surface area contributed by atoms with Gasteiger partial charge < -0.3 is 15.6 Å². The number of rotatable bonds is 4. The third-order valence-corrected chi connectivity index (χ3v) is 1.62. The lowest BCUT2D eigenvalue weighted by molar-refractivity contribution is 0.0805. The zero-order chi connectivity index (χ0) is 10.6. The van der Waals surface area contributed by atoms with E-state index in [0.29, 0.717) is 5.56 Å². The Morgan fingerprint density at radius 1 is 1.40 bits per heavy atom. The minimum Gasteiger partial charge on any atom is -0.504 e. The van der Waals surface area contributed by atoms with Crippen LogP contribution in [0.15, 0.2) is 18.2 Å². The van der Waals surface area contributed by atoms with Crippen molar-refractivity contribution in [1.29, 1.82) is 0 Å². The van der Waals surface area contributed by atoms with Gasteiger partial charge in [0.1, 0.15) is 6.61 Å². The van der Waals surface area contributed by atoms with Gasteiger partial charge in [0, 0.05) is 6.54 Å². The maximum Gasteiger partial charge on any atom is 0.272 e. The van der Waals surface area contributed by atoms with Gasteiger partial charge in [-0.2, -0.15) is 0 Å². The molecule has 3 nitrogen and oxygen atoms in total. The highest BCUT2D eigenvalue weighted by molar-refractivity contribution is 5.85. The lowest BCUT2D eigenvalue weighted by atomic mass is 10.2. The minimum atomic E-state index is -2.56. The molecule has 3 N–H and O–H groups in total. The van der Waals surface area contributed by atoms with Gasteiger partial charge in [0.05, 0.1) is 0 Å². The van der Waals surface area contributed by atoms with Gasteiger partial charge in [-0.25, -0.2) is 8.78 Å². The molecule has 0 aliphatic rings. The van der Waals surface area contributed by atoms with Gasteiger partial charge in [-0.3, -0.25) is 0 Å². The summed E-state index contributed by atoms with van der Waals surface area (Å²) in [5.74, 6) is -0.129. The number of nitrogens with two attached hydrogens (primary N) is 1. The maximum absolute atomic E-state index is 11.8. The molecule has 1 aromatic carbocycles. The van der Waals surface area contributed by atoms with E-state index in [4.69, 9.17) is 5.73 Å². The first-order valence-electron chi connectivity index (χ1n) is 4.06. The number of aromatic hydroxyl groups is 1. The Morgan fingerprint density at radius 3 is 2.60 bits per heavy atom. The summed E-state index contributed by atoms with van der Waals surface area (Å²) in [6, 6.07) is 4.41. The molecule has 15 heavy (non-hydrogen) atoms. The number of phenols is 1. The number of alkyl halides is 2. The Kier molecular flexibility index (Phi) is 5.96. The van der Waals surface area contributed by atoms with Crippen molar-refractivity contribution >= 4 is 12.4 Å². The summed E-state index contributed by atoms with van der Waals surface area (Å²) in [4.78, 5) is 0. The predicted molar refractivity (Wildman–Crippen MR) is 54.7 cm³/mol. The molecule has 86 valence electrons. The van der Waals surface area contributed by atoms with Crippen LogP contribution < -0.4 is 10.5 Å². The maximum atomic E-state index is 11.8. The van der Waals surface area contributed by atoms with Gasteiger partial charge in [-0.15, -0.1) is 12.4 Å². The van der Waals surface area contributed by atoms with E-state index in [1.807, 2.05) is 0 Å². The summed E-state index contributed by atoms with van der Waals surface area (Å²) < 4.78 is 28.3. The predicted octanol–water partition coefficient (Wildman–Crippen LogP) is 1.92. The standard InChI is InChI=1S/C9H11F2NO2.ClH/c10-9(11)5-14-8-3-6(4-12)1-2-7(8)13;/h1-3,9,13H,4-5,12H2;1H. The number of halogens is 3. The van der Waals surface area contributed by atoms with Crippen molar-refractivity contribution in [3.8, 4) is 11.5 Å². The first kappa shape index (κ1) is 13.9. The second-order valence-corrected chi connectivity index (χ2v) is 2.71. The van der Waals surface area contributed by atoms with E-state index in [1.165, 1.54) is 12.1 Å². The topological polar surface area (TPSA) is 55.5 Å². The molecule has 0 amide bonds. The molecule has 0 radical (unpaired) electrons. The zero-order valence-electron chi connectivity index (χ0n) is 7.82. The average molecular weight is 240 g/mol. The van der Waals surface area contributed by atoms with E-state index in [0.717, 1.165) is 0 Å². The molecule has 0 atom stereocenters. The van der Waals surface area contributed by atoms with Gasteiger partial charge in [0.2, 0.25) is 0 Å². The lowest BCUT2D eigenvalue weighted by Gasteiger charge is -2.08. The fraction of sp³-hybridized carbons (Fsp3) is 0.333. The van der Waals surface area contributed by atoms with Crippen molar-refractivity contribution in [3.63, 3.8) is 0 Å². The summed E-state index contributed by atoms with van der Waals surface area (Å²) in [6.07, 6.45) is -2.56. The van der Waals surface area contributed by atoms with Gasteiger partial charge in [0.25, 0.3) is 6.43 Å². The molecule has 0 aliphatic carbocycles. The van der Waals surface area contributed by atoms with Crippen molar-refractivity contribution in [3.05, 3.63) is 23.8 Å². The molecule has 0 saturated heterocycles. The molecule has 1 aromatic rings. The number of benzene rings is 1. The zero-order valence-corrected chi connectivity index (χ0v) is 8.64. The molecule has 0 unspecified atom stereocenters. The van der Waals surface area contributed by atoms with E-state index in [1.54, 1.807) is 6.07 Å². The Bertz CT molecular complexity index is 310. The smallest absolute Gasteiger partial charge is 0.272 e. The molecule has 0 spiro atoms. The van der Waals surface area contributed by atoms with Gasteiger partial charge in [-0.05, 0) is 17.7 Å². The van der Waals surface area contributed by atoms with Crippen LogP contribution in [0.5, 0.6) is 11.5 Å². The second kappa shape index (κ2) is 6.42. The van der Waals surface area contributed by atoms with Crippen LogP contribution in [0.2, 0.25) is 0 Å². The highest BCUT2D eigenvalue weighted by Gasteiger charge is 2.07. The van der Waals surface area contributed by atoms with Gasteiger partial charge in [0.15, 0.2) is 11.5 Å². The summed E-state index contributed by atoms with van der Waals surface area (Å²) >= 11 is 0. The monoisotopic (exact) mass is 239 g/mol. The molecule has 0 aromatic heterocycles. The fourth-order valence-electron chi connectivity index (χ4n) is 0.954. The van der Waals surface area contributed by atoms with Crippen molar-refractivity contribution in [2.24, 2.45) is 5.73 Å². The number of hydrogen-bond donors (Lipinski definition) is 2. The lowest BCUT2D eigenvalue weighted by Crippen LogP contribution is -2.07. The van der Waals surface area contributed by atoms with Crippen LogP contribution in [-0.2, 0) is 6.54 Å². The molecule has 0 aliphatic heterocycles. The summed E-state index contributed by atoms with van der Waals surface area (Å²) in [6.45, 7) is -0.465. The molecule has 0 fully saturated rings. The number of phenolic OH excluding ortho intramolecular Hbond substituents is 1. The normalized spacial score (nSPS) is 9.87. The van der Waals surface area contributed by atoms with Crippen LogP contribution >= 0.6 is 12.4 Å². The minimum absolute atomic E-state index is 0. The molecule has 0 bridgehead atoms. The van der Waals surface area contributed by atoms with Crippen LogP contribution in [0.25, 0.3) is 0 Å². The van der Waals surface area contributed by atoms with Crippen LogP contribution in [0.4, 0.5) is 8.78 Å². The van der Waals surface area contributed by atoms with Gasteiger partial charge >= 0.3 is 0 Å². The molecular formula is C9H12ClF2NO2. The summed E-state index contributed by atoms with van der Waals surface area (Å²) in [5, 5.41) is 9.23. The largest absolute Gasteiger partial charge is 0.504 e. The highest BCUT2D eigenvalue weighted by atomic mass is 35.5. The van der Waals surface area contributed by atoms with E-state index in [2.05, 4.69) is 4.74 Å². The second-order valence-electron chi connectivity index (χ2n) is 2.71. The number of ether oxygens (including phenoxy) is 1. The first-order chi connectivity index (χ1) is 6.63.